The zero-order chi connectivity index (χ0) is 20.7. The smallest absolute Gasteiger partial charge is 0.471 e. The summed E-state index contributed by atoms with van der Waals surface area (Å²) in [5.41, 5.74) is 1.16. The Balaban J connectivity index is 1.44. The lowest BCUT2D eigenvalue weighted by Crippen LogP contribution is -2.26. The van der Waals surface area contributed by atoms with Gasteiger partial charge in [-0.2, -0.15) is 18.2 Å². The van der Waals surface area contributed by atoms with Gasteiger partial charge in [-0.1, -0.05) is 11.2 Å². The van der Waals surface area contributed by atoms with Crippen LogP contribution < -0.4 is 10.1 Å². The first-order chi connectivity index (χ1) is 13.9. The molecule has 0 aliphatic heterocycles. The molecule has 10 heteroatoms. The Morgan fingerprint density at radius 2 is 2.00 bits per heavy atom. The zero-order valence-corrected chi connectivity index (χ0v) is 14.9. The van der Waals surface area contributed by atoms with Crippen molar-refractivity contribution in [1.29, 1.82) is 0 Å². The van der Waals surface area contributed by atoms with E-state index in [2.05, 4.69) is 25.0 Å². The second kappa shape index (κ2) is 9.00. The number of nitrogens with one attached hydrogen (secondary N) is 1. The maximum atomic E-state index is 12.5. The van der Waals surface area contributed by atoms with E-state index >= 15 is 0 Å². The van der Waals surface area contributed by atoms with Crippen LogP contribution in [-0.4, -0.2) is 34.2 Å². The number of carbonyl (C=O) groups excluding carboxylic acids is 1. The Morgan fingerprint density at radius 1 is 1.21 bits per heavy atom. The summed E-state index contributed by atoms with van der Waals surface area (Å²) in [6.45, 7) is 0.490. The lowest BCUT2D eigenvalue weighted by Gasteiger charge is -2.07. The number of hydrogen-bond acceptors (Lipinski definition) is 6. The summed E-state index contributed by atoms with van der Waals surface area (Å²) in [5.74, 6) is -1.36. The molecule has 1 amide bonds. The molecule has 0 bridgehead atoms. The second-order valence-corrected chi connectivity index (χ2v) is 5.70. The van der Waals surface area contributed by atoms with Crippen LogP contribution in [0.4, 0.5) is 13.2 Å². The molecule has 0 atom stereocenters. The van der Waals surface area contributed by atoms with E-state index in [1.54, 1.807) is 36.7 Å². The van der Waals surface area contributed by atoms with Crippen LogP contribution in [0.25, 0.3) is 17.5 Å². The number of hydrogen-bond donors (Lipinski definition) is 1. The summed E-state index contributed by atoms with van der Waals surface area (Å²) in [6.07, 6.45) is 1.63. The van der Waals surface area contributed by atoms with Gasteiger partial charge in [0.15, 0.2) is 0 Å². The molecule has 2 heterocycles. The molecule has 0 spiro atoms. The van der Waals surface area contributed by atoms with Gasteiger partial charge in [0.05, 0.1) is 6.54 Å². The molecule has 7 nitrogen and oxygen atoms in total. The van der Waals surface area contributed by atoms with Crippen molar-refractivity contribution in [3.8, 4) is 17.1 Å². The Morgan fingerprint density at radius 3 is 2.66 bits per heavy atom. The molecule has 0 unspecified atom stereocenters. The fraction of sp³-hybridized carbons (Fsp3) is 0.158. The third-order valence-corrected chi connectivity index (χ3v) is 3.56. The minimum Gasteiger partial charge on any atom is -0.492 e. The largest absolute Gasteiger partial charge is 0.492 e. The predicted octanol–water partition coefficient (Wildman–Crippen LogP) is 3.36. The molecule has 1 aromatic carbocycles. The topological polar surface area (TPSA) is 90.1 Å². The lowest BCUT2D eigenvalue weighted by molar-refractivity contribution is -0.159. The Labute approximate surface area is 163 Å². The fourth-order valence-electron chi connectivity index (χ4n) is 2.20. The highest BCUT2D eigenvalue weighted by molar-refractivity contribution is 5.91. The normalized spacial score (nSPS) is 11.6. The number of nitrogens with zero attached hydrogens (tertiary/aromatic N) is 3. The summed E-state index contributed by atoms with van der Waals surface area (Å²) in [7, 11) is 0. The third kappa shape index (κ3) is 5.89. The number of rotatable bonds is 7. The van der Waals surface area contributed by atoms with Crippen molar-refractivity contribution in [1.82, 2.24) is 20.4 Å². The minimum absolute atomic E-state index is 0.170. The molecule has 0 aliphatic rings. The number of ether oxygens (including phenoxy) is 1. The molecule has 150 valence electrons. The van der Waals surface area contributed by atoms with Crippen molar-refractivity contribution in [3.63, 3.8) is 0 Å². The van der Waals surface area contributed by atoms with Crippen LogP contribution in [0.2, 0.25) is 0 Å². The van der Waals surface area contributed by atoms with E-state index in [0.717, 1.165) is 5.56 Å². The molecule has 3 aromatic rings. The van der Waals surface area contributed by atoms with Gasteiger partial charge in [-0.3, -0.25) is 9.78 Å². The van der Waals surface area contributed by atoms with Gasteiger partial charge in [-0.05, 0) is 42.0 Å². The number of benzene rings is 1. The summed E-state index contributed by atoms with van der Waals surface area (Å²) >= 11 is 0. The van der Waals surface area contributed by atoms with Crippen LogP contribution in [0.1, 0.15) is 11.5 Å². The lowest BCUT2D eigenvalue weighted by atomic mass is 10.2. The van der Waals surface area contributed by atoms with Crippen LogP contribution in [0.15, 0.2) is 59.4 Å². The first-order valence-corrected chi connectivity index (χ1v) is 8.42. The summed E-state index contributed by atoms with van der Waals surface area (Å²) in [6, 6.07) is 9.73. The third-order valence-electron chi connectivity index (χ3n) is 3.56. The summed E-state index contributed by atoms with van der Waals surface area (Å²) in [5, 5.41) is 5.98. The van der Waals surface area contributed by atoms with E-state index in [0.29, 0.717) is 11.3 Å². The highest BCUT2D eigenvalue weighted by Gasteiger charge is 2.38. The van der Waals surface area contributed by atoms with Gasteiger partial charge in [-0.25, -0.2) is 0 Å². The first-order valence-electron chi connectivity index (χ1n) is 8.42. The number of alkyl halides is 3. The van der Waals surface area contributed by atoms with Gasteiger partial charge >= 0.3 is 12.1 Å². The van der Waals surface area contributed by atoms with E-state index in [1.165, 1.54) is 18.2 Å². The van der Waals surface area contributed by atoms with Gasteiger partial charge in [0, 0.05) is 24.0 Å². The van der Waals surface area contributed by atoms with Gasteiger partial charge in [0.1, 0.15) is 12.4 Å². The number of amides is 1. The average molecular weight is 404 g/mol. The molecule has 3 rings (SSSR count). The maximum Gasteiger partial charge on any atom is 0.471 e. The molecule has 0 saturated heterocycles. The van der Waals surface area contributed by atoms with Crippen LogP contribution in [-0.2, 0) is 11.0 Å². The Bertz CT molecular complexity index is 970. The number of carbonyl (C=O) groups is 1. The quantitative estimate of drug-likeness (QED) is 0.480. The molecule has 1 N–H and O–H groups in total. The van der Waals surface area contributed by atoms with Gasteiger partial charge in [-0.15, -0.1) is 0 Å². The Hall–Kier alpha value is -3.69. The Kier molecular flexibility index (Phi) is 6.22. The van der Waals surface area contributed by atoms with Gasteiger partial charge in [0.25, 0.3) is 0 Å². The van der Waals surface area contributed by atoms with Crippen LogP contribution >= 0.6 is 0 Å². The SMILES string of the molecule is O=C(/C=C/c1cccnc1)NCCOc1ccc(-c2noc(C(F)(F)F)n2)cc1. The molecule has 0 aliphatic carbocycles. The van der Waals surface area contributed by atoms with Gasteiger partial charge in [0.2, 0.25) is 11.7 Å². The van der Waals surface area contributed by atoms with E-state index in [9.17, 15) is 18.0 Å². The van der Waals surface area contributed by atoms with E-state index in [4.69, 9.17) is 4.74 Å². The highest BCUT2D eigenvalue weighted by Crippen LogP contribution is 2.29. The van der Waals surface area contributed by atoms with Crippen molar-refractivity contribution in [2.24, 2.45) is 0 Å². The molecule has 29 heavy (non-hydrogen) atoms. The monoisotopic (exact) mass is 404 g/mol. The maximum absolute atomic E-state index is 12.5. The van der Waals surface area contributed by atoms with Gasteiger partial charge < -0.3 is 14.6 Å². The van der Waals surface area contributed by atoms with Crippen molar-refractivity contribution in [2.45, 2.75) is 6.18 Å². The van der Waals surface area contributed by atoms with Crippen molar-refractivity contribution in [3.05, 3.63) is 66.3 Å². The fourth-order valence-corrected chi connectivity index (χ4v) is 2.20. The number of halogens is 3. The van der Waals surface area contributed by atoms with Crippen molar-refractivity contribution >= 4 is 12.0 Å². The van der Waals surface area contributed by atoms with Crippen molar-refractivity contribution < 1.29 is 27.2 Å². The first kappa shape index (κ1) is 20.1. The molecule has 0 saturated carbocycles. The van der Waals surface area contributed by atoms with E-state index in [1.807, 2.05) is 6.07 Å². The summed E-state index contributed by atoms with van der Waals surface area (Å²) < 4.78 is 47.2. The minimum atomic E-state index is -4.69. The predicted molar refractivity (Wildman–Crippen MR) is 96.5 cm³/mol. The second-order valence-electron chi connectivity index (χ2n) is 5.70. The van der Waals surface area contributed by atoms with Crippen LogP contribution in [0, 0.1) is 0 Å². The standard InChI is InChI=1S/C19H15F3N4O3/c20-19(21,22)18-25-17(26-29-18)14-4-6-15(7-5-14)28-11-10-24-16(27)8-3-13-2-1-9-23-12-13/h1-9,12H,10-11H2,(H,24,27)/b8-3+. The molecular weight excluding hydrogens is 389 g/mol. The summed E-state index contributed by atoms with van der Waals surface area (Å²) in [4.78, 5) is 19.0. The van der Waals surface area contributed by atoms with E-state index in [-0.39, 0.29) is 24.9 Å². The molecule has 0 radical (unpaired) electrons. The zero-order valence-electron chi connectivity index (χ0n) is 14.9. The van der Waals surface area contributed by atoms with Crippen LogP contribution in [0.3, 0.4) is 0 Å². The van der Waals surface area contributed by atoms with E-state index < -0.39 is 12.1 Å². The van der Waals surface area contributed by atoms with Crippen LogP contribution in [0.5, 0.6) is 5.75 Å². The molecular formula is C19H15F3N4O3. The van der Waals surface area contributed by atoms with Crippen molar-refractivity contribution in [2.75, 3.05) is 13.2 Å². The average Bonchev–Trinajstić information content (AvgIpc) is 3.22. The molecule has 2 aromatic heterocycles. The molecule has 0 fully saturated rings. The highest BCUT2D eigenvalue weighted by atomic mass is 19.4. The number of aromatic nitrogens is 3. The number of pyridine rings is 1.